The molecule has 3 aromatic rings. The number of aromatic nitrogens is 4. The highest BCUT2D eigenvalue weighted by Crippen LogP contribution is 2.48. The fourth-order valence-corrected chi connectivity index (χ4v) is 4.40. The van der Waals surface area contributed by atoms with E-state index in [0.29, 0.717) is 11.8 Å². The van der Waals surface area contributed by atoms with Gasteiger partial charge in [-0.25, -0.2) is 8.78 Å². The molecule has 0 spiro atoms. The van der Waals surface area contributed by atoms with Crippen LogP contribution in [0.1, 0.15) is 12.5 Å². The Hall–Kier alpha value is -2.68. The van der Waals surface area contributed by atoms with Gasteiger partial charge in [-0.2, -0.15) is 32.8 Å². The molecule has 2 fully saturated rings. The molecule has 1 unspecified atom stereocenters. The summed E-state index contributed by atoms with van der Waals surface area (Å²) in [5.41, 5.74) is -0.918. The standard InChI is InChI=1S/C21H16ClF5N6.ClH/c1-9(21(25,26)27)31-19-17(18(22)32-20-29-8-30-33(19)20)16-14(23)4-10(5-15(16)24)2-3-11-12-6-28-7-13(11)12;/h4-5,8-9,11-13,28,31H,6-7H2,1H3;1H/t9-,11?,12-,13+;/m0./s1. The Morgan fingerprint density at radius 3 is 2.44 bits per heavy atom. The van der Waals surface area contributed by atoms with Crippen LogP contribution in [-0.4, -0.2) is 44.9 Å². The predicted molar refractivity (Wildman–Crippen MR) is 118 cm³/mol. The molecule has 3 heterocycles. The first kappa shape index (κ1) is 24.4. The zero-order valence-corrected chi connectivity index (χ0v) is 19.0. The smallest absolute Gasteiger partial charge is 0.358 e. The van der Waals surface area contributed by atoms with Crippen molar-refractivity contribution in [3.8, 4) is 23.0 Å². The molecule has 13 heteroatoms. The van der Waals surface area contributed by atoms with E-state index in [1.165, 1.54) is 0 Å². The van der Waals surface area contributed by atoms with Gasteiger partial charge >= 0.3 is 6.18 Å². The largest absolute Gasteiger partial charge is 0.408 e. The van der Waals surface area contributed by atoms with Crippen LogP contribution in [0.2, 0.25) is 5.15 Å². The maximum absolute atomic E-state index is 15.1. The molecule has 1 saturated carbocycles. The Bertz CT molecular complexity index is 1280. The fourth-order valence-electron chi connectivity index (χ4n) is 4.14. The second-order valence-corrected chi connectivity index (χ2v) is 8.46. The quantitative estimate of drug-likeness (QED) is 0.307. The summed E-state index contributed by atoms with van der Waals surface area (Å²) >= 11 is 6.17. The Morgan fingerprint density at radius 2 is 1.82 bits per heavy atom. The van der Waals surface area contributed by atoms with Crippen LogP contribution in [0.5, 0.6) is 0 Å². The molecule has 5 rings (SSSR count). The lowest BCUT2D eigenvalue weighted by Crippen LogP contribution is -2.34. The number of alkyl halides is 3. The third-order valence-electron chi connectivity index (χ3n) is 5.99. The van der Waals surface area contributed by atoms with Crippen molar-refractivity contribution in [2.24, 2.45) is 17.8 Å². The van der Waals surface area contributed by atoms with Gasteiger partial charge in [-0.15, -0.1) is 12.4 Å². The highest BCUT2D eigenvalue weighted by atomic mass is 35.5. The first-order valence-electron chi connectivity index (χ1n) is 10.1. The minimum Gasteiger partial charge on any atom is -0.358 e. The van der Waals surface area contributed by atoms with Crippen molar-refractivity contribution in [2.75, 3.05) is 18.4 Å². The molecule has 2 aromatic heterocycles. The van der Waals surface area contributed by atoms with E-state index in [1.54, 1.807) is 0 Å². The lowest BCUT2D eigenvalue weighted by molar-refractivity contribution is -0.138. The number of piperidine rings is 1. The normalized spacial score (nSPS) is 21.9. The van der Waals surface area contributed by atoms with E-state index in [1.807, 2.05) is 0 Å². The number of anilines is 1. The summed E-state index contributed by atoms with van der Waals surface area (Å²) in [4.78, 5) is 7.71. The molecule has 34 heavy (non-hydrogen) atoms. The number of fused-ring (bicyclic) bond motifs is 2. The van der Waals surface area contributed by atoms with Crippen LogP contribution in [0, 0.1) is 41.2 Å². The summed E-state index contributed by atoms with van der Waals surface area (Å²) in [5.74, 6) is 4.40. The minimum absolute atomic E-state index is 0. The van der Waals surface area contributed by atoms with Crippen LogP contribution in [0.3, 0.4) is 0 Å². The van der Waals surface area contributed by atoms with Crippen LogP contribution < -0.4 is 10.6 Å². The van der Waals surface area contributed by atoms with Crippen molar-refractivity contribution in [1.82, 2.24) is 24.9 Å². The molecular weight excluding hydrogens is 502 g/mol. The molecule has 1 aromatic carbocycles. The van der Waals surface area contributed by atoms with E-state index in [2.05, 4.69) is 37.5 Å². The average Bonchev–Trinajstić information content (AvgIpc) is 3.09. The van der Waals surface area contributed by atoms with Crippen molar-refractivity contribution in [2.45, 2.75) is 19.1 Å². The lowest BCUT2D eigenvalue weighted by atomic mass is 10.0. The van der Waals surface area contributed by atoms with Gasteiger partial charge in [-0.1, -0.05) is 23.4 Å². The highest BCUT2D eigenvalue weighted by molar-refractivity contribution is 6.33. The number of nitrogens with zero attached hydrogens (tertiary/aromatic N) is 4. The predicted octanol–water partition coefficient (Wildman–Crippen LogP) is 4.32. The van der Waals surface area contributed by atoms with E-state index < -0.39 is 40.1 Å². The number of rotatable bonds is 3. The summed E-state index contributed by atoms with van der Waals surface area (Å²) in [6, 6.07) is -0.0211. The van der Waals surface area contributed by atoms with Gasteiger partial charge in [0, 0.05) is 11.5 Å². The topological polar surface area (TPSA) is 67.1 Å². The molecular formula is C21H17Cl2F5N6. The van der Waals surface area contributed by atoms with Crippen LogP contribution in [-0.2, 0) is 0 Å². The van der Waals surface area contributed by atoms with Crippen molar-refractivity contribution in [3.05, 3.63) is 40.8 Å². The molecule has 0 radical (unpaired) electrons. The Kier molecular flexibility index (Phi) is 6.35. The summed E-state index contributed by atoms with van der Waals surface area (Å²) < 4.78 is 70.8. The number of halogens is 7. The van der Waals surface area contributed by atoms with E-state index in [-0.39, 0.29) is 35.5 Å². The molecule has 4 atom stereocenters. The zero-order valence-electron chi connectivity index (χ0n) is 17.4. The first-order valence-corrected chi connectivity index (χ1v) is 10.5. The van der Waals surface area contributed by atoms with Gasteiger partial charge < -0.3 is 10.6 Å². The lowest BCUT2D eigenvalue weighted by Gasteiger charge is -2.21. The number of nitrogens with one attached hydrogen (secondary N) is 2. The number of hydrogen-bond donors (Lipinski definition) is 2. The number of hydrogen-bond acceptors (Lipinski definition) is 5. The van der Waals surface area contributed by atoms with Gasteiger partial charge in [0.15, 0.2) is 0 Å². The SMILES string of the molecule is C[C@H](Nc1c(-c2c(F)cc(C#CC3[C@H]4CNC[C@@H]34)cc2F)c(Cl)nc2ncnn12)C(F)(F)F.Cl. The maximum Gasteiger partial charge on any atom is 0.408 e. The summed E-state index contributed by atoms with van der Waals surface area (Å²) in [6.07, 6.45) is -3.60. The molecule has 180 valence electrons. The number of benzene rings is 1. The fraction of sp³-hybridized carbons (Fsp3) is 0.381. The van der Waals surface area contributed by atoms with Crippen molar-refractivity contribution < 1.29 is 22.0 Å². The molecule has 1 saturated heterocycles. The first-order chi connectivity index (χ1) is 15.6. The molecule has 2 N–H and O–H groups in total. The molecule has 2 aliphatic rings. The summed E-state index contributed by atoms with van der Waals surface area (Å²) in [5, 5.41) is 8.84. The Labute approximate surface area is 201 Å². The molecule has 1 aliphatic heterocycles. The molecule has 0 amide bonds. The van der Waals surface area contributed by atoms with Crippen LogP contribution in [0.25, 0.3) is 16.9 Å². The van der Waals surface area contributed by atoms with E-state index in [9.17, 15) is 13.2 Å². The zero-order chi connectivity index (χ0) is 23.5. The van der Waals surface area contributed by atoms with Crippen molar-refractivity contribution >= 4 is 35.6 Å². The van der Waals surface area contributed by atoms with Crippen molar-refractivity contribution in [1.29, 1.82) is 0 Å². The second kappa shape index (κ2) is 8.83. The van der Waals surface area contributed by atoms with Gasteiger partial charge in [0.05, 0.1) is 11.1 Å². The maximum atomic E-state index is 15.1. The van der Waals surface area contributed by atoms with Gasteiger partial charge in [-0.05, 0) is 44.0 Å². The van der Waals surface area contributed by atoms with Crippen molar-refractivity contribution in [3.63, 3.8) is 0 Å². The van der Waals surface area contributed by atoms with Crippen LogP contribution >= 0.6 is 24.0 Å². The highest BCUT2D eigenvalue weighted by Gasteiger charge is 2.51. The summed E-state index contributed by atoms with van der Waals surface area (Å²) in [6.45, 7) is 2.62. The van der Waals surface area contributed by atoms with E-state index in [4.69, 9.17) is 11.6 Å². The Balaban J connectivity index is 0.00000274. The van der Waals surface area contributed by atoms with Crippen LogP contribution in [0.15, 0.2) is 18.5 Å². The Morgan fingerprint density at radius 1 is 1.18 bits per heavy atom. The third kappa shape index (κ3) is 4.26. The van der Waals surface area contributed by atoms with Gasteiger partial charge in [0.25, 0.3) is 5.78 Å². The van der Waals surface area contributed by atoms with Crippen LogP contribution in [0.4, 0.5) is 27.8 Å². The van der Waals surface area contributed by atoms with Gasteiger partial charge in [0.1, 0.15) is 35.0 Å². The minimum atomic E-state index is -4.65. The van der Waals surface area contributed by atoms with E-state index in [0.717, 1.165) is 43.0 Å². The molecule has 1 aliphatic carbocycles. The average molecular weight is 519 g/mol. The monoisotopic (exact) mass is 518 g/mol. The summed E-state index contributed by atoms with van der Waals surface area (Å²) in [7, 11) is 0. The molecule has 0 bridgehead atoms. The van der Waals surface area contributed by atoms with Gasteiger partial charge in [-0.3, -0.25) is 0 Å². The second-order valence-electron chi connectivity index (χ2n) is 8.10. The molecule has 6 nitrogen and oxygen atoms in total. The third-order valence-corrected chi connectivity index (χ3v) is 6.27. The van der Waals surface area contributed by atoms with Gasteiger partial charge in [0.2, 0.25) is 0 Å². The van der Waals surface area contributed by atoms with E-state index >= 15 is 8.78 Å².